The van der Waals surface area contributed by atoms with Crippen molar-refractivity contribution in [1.82, 2.24) is 9.78 Å². The summed E-state index contributed by atoms with van der Waals surface area (Å²) in [5, 5.41) is 2.59. The summed E-state index contributed by atoms with van der Waals surface area (Å²) in [5.41, 5.74) is -0.0295. The van der Waals surface area contributed by atoms with Gasteiger partial charge in [-0.15, -0.1) is 13.2 Å². The van der Waals surface area contributed by atoms with Crippen molar-refractivity contribution in [2.45, 2.75) is 12.1 Å². The van der Waals surface area contributed by atoms with E-state index in [-0.39, 0.29) is 11.1 Å². The maximum Gasteiger partial charge on any atom is 0.573 e. The predicted molar refractivity (Wildman–Crippen MR) is 79.8 cm³/mol. The Bertz CT molecular complexity index is 780. The van der Waals surface area contributed by atoms with E-state index in [1.165, 1.54) is 31.1 Å². The summed E-state index contributed by atoms with van der Waals surface area (Å²) < 4.78 is 41.9. The van der Waals surface area contributed by atoms with Crippen molar-refractivity contribution in [2.24, 2.45) is 7.05 Å². The van der Waals surface area contributed by atoms with Crippen LogP contribution in [0.2, 0.25) is 0 Å². The molecule has 0 fully saturated rings. The number of nitrogens with zero attached hydrogens (tertiary/aromatic N) is 1. The fourth-order valence-electron chi connectivity index (χ4n) is 2.03. The van der Waals surface area contributed by atoms with Crippen molar-refractivity contribution < 1.29 is 22.7 Å². The molecule has 0 unspecified atom stereocenters. The van der Waals surface area contributed by atoms with Crippen molar-refractivity contribution in [3.8, 4) is 5.75 Å². The van der Waals surface area contributed by atoms with Gasteiger partial charge in [0.25, 0.3) is 5.56 Å². The maximum absolute atomic E-state index is 12.5. The van der Waals surface area contributed by atoms with Gasteiger partial charge in [-0.3, -0.25) is 14.3 Å². The topological polar surface area (TPSA) is 64.1 Å². The Morgan fingerprint density at radius 2 is 2.04 bits per heavy atom. The number of carbonyl (C=O) groups is 1. The van der Waals surface area contributed by atoms with Gasteiger partial charge >= 0.3 is 6.36 Å². The van der Waals surface area contributed by atoms with Crippen molar-refractivity contribution in [3.63, 3.8) is 0 Å². The van der Waals surface area contributed by atoms with E-state index < -0.39 is 23.5 Å². The fourth-order valence-corrected chi connectivity index (χ4v) is 2.58. The fraction of sp³-hybridized carbons (Fsp3) is 0.286. The molecule has 0 saturated carbocycles. The molecule has 0 saturated heterocycles. The van der Waals surface area contributed by atoms with Crippen LogP contribution in [0.25, 0.3) is 0 Å². The molecule has 9 heteroatoms. The number of nitrogens with one attached hydrogen (secondary N) is 1. The molecule has 0 aliphatic rings. The highest BCUT2D eigenvalue weighted by molar-refractivity contribution is 7.97. The molecule has 1 N–H and O–H groups in total. The van der Waals surface area contributed by atoms with Crippen LogP contribution < -0.4 is 10.3 Å². The number of hydrogen-bond donors (Lipinski definition) is 1. The van der Waals surface area contributed by atoms with Gasteiger partial charge < -0.3 is 9.84 Å². The van der Waals surface area contributed by atoms with Gasteiger partial charge in [0.15, 0.2) is 5.78 Å². The van der Waals surface area contributed by atoms with Gasteiger partial charge in [-0.2, -0.15) is 11.8 Å². The Labute approximate surface area is 133 Å². The van der Waals surface area contributed by atoms with E-state index in [0.29, 0.717) is 11.3 Å². The summed E-state index contributed by atoms with van der Waals surface area (Å²) >= 11 is 1.34. The molecule has 0 atom stereocenters. The lowest BCUT2D eigenvalue weighted by atomic mass is 10.0. The Kier molecular flexibility index (Phi) is 4.88. The van der Waals surface area contributed by atoms with Crippen LogP contribution in [-0.2, 0) is 12.8 Å². The number of H-pyrrole nitrogens is 1. The van der Waals surface area contributed by atoms with Crippen molar-refractivity contribution in [1.29, 1.82) is 0 Å². The van der Waals surface area contributed by atoms with Crippen LogP contribution >= 0.6 is 11.8 Å². The monoisotopic (exact) mass is 346 g/mol. The molecule has 0 aliphatic carbocycles. The molecule has 0 amide bonds. The van der Waals surface area contributed by atoms with E-state index in [2.05, 4.69) is 9.84 Å². The van der Waals surface area contributed by atoms with E-state index in [9.17, 15) is 22.8 Å². The average Bonchev–Trinajstić information content (AvgIpc) is 2.77. The number of ketones is 1. The number of aryl methyl sites for hydroxylation is 1. The van der Waals surface area contributed by atoms with Crippen molar-refractivity contribution >= 4 is 17.5 Å². The number of alkyl halides is 3. The first-order valence-electron chi connectivity index (χ1n) is 6.39. The minimum atomic E-state index is -4.81. The third-order valence-corrected chi connectivity index (χ3v) is 3.64. The van der Waals surface area contributed by atoms with E-state index in [1.807, 2.05) is 0 Å². The number of benzene rings is 1. The number of thioether (sulfide) groups is 1. The lowest BCUT2D eigenvalue weighted by Crippen LogP contribution is -2.20. The molecular formula is C14H13F3N2O3S. The number of carbonyl (C=O) groups excluding carboxylic acids is 1. The summed E-state index contributed by atoms with van der Waals surface area (Å²) in [6, 6.07) is 3.46. The van der Waals surface area contributed by atoms with Crippen LogP contribution in [-0.4, -0.2) is 28.2 Å². The first kappa shape index (κ1) is 17.2. The van der Waals surface area contributed by atoms with Gasteiger partial charge in [0.2, 0.25) is 0 Å². The third kappa shape index (κ3) is 3.98. The highest BCUT2D eigenvalue weighted by Gasteiger charge is 2.31. The number of rotatable bonds is 5. The Hall–Kier alpha value is -2.16. The Morgan fingerprint density at radius 3 is 2.57 bits per heavy atom. The first-order valence-corrected chi connectivity index (χ1v) is 7.79. The van der Waals surface area contributed by atoms with Gasteiger partial charge in [-0.25, -0.2) is 0 Å². The molecule has 5 nitrogen and oxygen atoms in total. The van der Waals surface area contributed by atoms with Crippen LogP contribution in [0.4, 0.5) is 13.2 Å². The Morgan fingerprint density at radius 1 is 1.35 bits per heavy atom. The minimum Gasteiger partial charge on any atom is -0.406 e. The number of aromatic nitrogens is 2. The van der Waals surface area contributed by atoms with Gasteiger partial charge in [0.05, 0.1) is 0 Å². The van der Waals surface area contributed by atoms with Gasteiger partial charge in [-0.1, -0.05) is 0 Å². The largest absolute Gasteiger partial charge is 0.573 e. The molecular weight excluding hydrogens is 333 g/mol. The Balaban J connectivity index is 2.43. The quantitative estimate of drug-likeness (QED) is 0.846. The van der Waals surface area contributed by atoms with E-state index in [0.717, 1.165) is 16.8 Å². The standard InChI is InChI=1S/C14H13F3N2O3S/c1-19-13(21)11(6-18-19)12(20)10-4-3-9(22-14(15,16)17)5-8(10)7-23-2/h3-6,18H,7H2,1-2H3. The zero-order valence-electron chi connectivity index (χ0n) is 12.2. The second-order valence-corrected chi connectivity index (χ2v) is 5.55. The third-order valence-electron chi connectivity index (χ3n) is 3.04. The molecule has 2 rings (SSSR count). The van der Waals surface area contributed by atoms with Gasteiger partial charge in [-0.05, 0) is 30.0 Å². The molecule has 124 valence electrons. The molecule has 0 spiro atoms. The maximum atomic E-state index is 12.5. The van der Waals surface area contributed by atoms with Crippen LogP contribution in [0, 0.1) is 0 Å². The van der Waals surface area contributed by atoms with Gasteiger partial charge in [0, 0.05) is 24.6 Å². The molecule has 0 bridgehead atoms. The smallest absolute Gasteiger partial charge is 0.406 e. The van der Waals surface area contributed by atoms with Crippen LogP contribution in [0.1, 0.15) is 21.5 Å². The predicted octanol–water partition coefficient (Wildman–Crippen LogP) is 2.71. The number of halogens is 3. The summed E-state index contributed by atoms with van der Waals surface area (Å²) in [7, 11) is 1.46. The molecule has 1 aromatic heterocycles. The molecule has 23 heavy (non-hydrogen) atoms. The van der Waals surface area contributed by atoms with Crippen LogP contribution in [0.5, 0.6) is 5.75 Å². The highest BCUT2D eigenvalue weighted by Crippen LogP contribution is 2.27. The highest BCUT2D eigenvalue weighted by atomic mass is 32.2. The van der Waals surface area contributed by atoms with Crippen molar-refractivity contribution in [2.75, 3.05) is 6.26 Å². The normalized spacial score (nSPS) is 11.5. The summed E-state index contributed by atoms with van der Waals surface area (Å²) in [6.45, 7) is 0. The molecule has 0 radical (unpaired) electrons. The SMILES string of the molecule is CSCc1cc(OC(F)(F)F)ccc1C(=O)c1c[nH]n(C)c1=O. The second kappa shape index (κ2) is 6.53. The van der Waals surface area contributed by atoms with E-state index in [4.69, 9.17) is 0 Å². The van der Waals surface area contributed by atoms with Crippen molar-refractivity contribution in [3.05, 3.63) is 51.4 Å². The number of aromatic amines is 1. The molecule has 1 aromatic carbocycles. The minimum absolute atomic E-state index is 0.0701. The summed E-state index contributed by atoms with van der Waals surface area (Å²) in [6.07, 6.45) is -1.78. The average molecular weight is 346 g/mol. The first-order chi connectivity index (χ1) is 10.7. The lowest BCUT2D eigenvalue weighted by Gasteiger charge is -2.12. The molecule has 1 heterocycles. The zero-order valence-corrected chi connectivity index (χ0v) is 13.0. The summed E-state index contributed by atoms with van der Waals surface area (Å²) in [5.74, 6) is -0.643. The lowest BCUT2D eigenvalue weighted by molar-refractivity contribution is -0.274. The zero-order chi connectivity index (χ0) is 17.2. The van der Waals surface area contributed by atoms with Crippen LogP contribution in [0.3, 0.4) is 0 Å². The van der Waals surface area contributed by atoms with Gasteiger partial charge in [0.1, 0.15) is 11.3 Å². The number of hydrogen-bond acceptors (Lipinski definition) is 4. The summed E-state index contributed by atoms with van der Waals surface area (Å²) in [4.78, 5) is 24.3. The van der Waals surface area contributed by atoms with Crippen LogP contribution in [0.15, 0.2) is 29.2 Å². The molecule has 2 aromatic rings. The van der Waals surface area contributed by atoms with E-state index in [1.54, 1.807) is 6.26 Å². The van der Waals surface area contributed by atoms with E-state index >= 15 is 0 Å². The number of ether oxygens (including phenoxy) is 1. The second-order valence-electron chi connectivity index (χ2n) is 4.68. The molecule has 0 aliphatic heterocycles.